The molecule has 100 valence electrons. The highest BCUT2D eigenvalue weighted by Gasteiger charge is 2.20. The van der Waals surface area contributed by atoms with Crippen LogP contribution in [0.15, 0.2) is 30.5 Å². The second-order valence-electron chi connectivity index (χ2n) is 5.04. The summed E-state index contributed by atoms with van der Waals surface area (Å²) in [6, 6.07) is 8.83. The van der Waals surface area contributed by atoms with Gasteiger partial charge in [-0.1, -0.05) is 12.1 Å². The van der Waals surface area contributed by atoms with Crippen LogP contribution in [0.1, 0.15) is 29.9 Å². The van der Waals surface area contributed by atoms with Gasteiger partial charge in [0, 0.05) is 30.9 Å². The van der Waals surface area contributed by atoms with Crippen LogP contribution in [0.5, 0.6) is 5.75 Å². The zero-order chi connectivity index (χ0) is 13.1. The lowest BCUT2D eigenvalue weighted by atomic mass is 10.1. The number of nitrogens with one attached hydrogen (secondary N) is 2. The molecule has 1 aliphatic carbocycles. The van der Waals surface area contributed by atoms with Gasteiger partial charge in [0.05, 0.1) is 7.11 Å². The summed E-state index contributed by atoms with van der Waals surface area (Å²) in [5.74, 6) is 1.89. The van der Waals surface area contributed by atoms with E-state index in [0.717, 1.165) is 36.3 Å². The maximum absolute atomic E-state index is 5.23. The first-order valence-corrected chi connectivity index (χ1v) is 6.72. The van der Waals surface area contributed by atoms with E-state index in [0.29, 0.717) is 0 Å². The molecule has 2 aromatic rings. The molecule has 0 bridgehead atoms. The number of nitrogens with zero attached hydrogens (tertiary/aromatic N) is 1. The number of hydrogen-bond acceptors (Lipinski definition) is 3. The van der Waals surface area contributed by atoms with Crippen molar-refractivity contribution in [1.82, 2.24) is 15.3 Å². The second kappa shape index (κ2) is 5.45. The number of H-pyrrole nitrogens is 1. The van der Waals surface area contributed by atoms with Gasteiger partial charge in [-0.05, 0) is 30.5 Å². The Balaban J connectivity index is 1.61. The molecule has 0 spiro atoms. The molecule has 3 rings (SSSR count). The summed E-state index contributed by atoms with van der Waals surface area (Å²) in [7, 11) is 1.69. The lowest BCUT2D eigenvalue weighted by Crippen LogP contribution is -2.15. The summed E-state index contributed by atoms with van der Waals surface area (Å²) < 4.78 is 5.23. The summed E-state index contributed by atoms with van der Waals surface area (Å²) in [5.41, 5.74) is 2.36. The molecule has 0 saturated heterocycles. The normalized spacial score (nSPS) is 14.6. The molecule has 19 heavy (non-hydrogen) atoms. The van der Waals surface area contributed by atoms with Crippen LogP contribution < -0.4 is 10.1 Å². The van der Waals surface area contributed by atoms with Gasteiger partial charge in [-0.2, -0.15) is 0 Å². The van der Waals surface area contributed by atoms with E-state index in [4.69, 9.17) is 4.74 Å². The molecule has 4 nitrogen and oxygen atoms in total. The van der Waals surface area contributed by atoms with E-state index in [1.54, 1.807) is 7.11 Å². The third-order valence-corrected chi connectivity index (χ3v) is 3.35. The summed E-state index contributed by atoms with van der Waals surface area (Å²) in [6.45, 7) is 0.885. The highest BCUT2D eigenvalue weighted by Crippen LogP contribution is 2.19. The van der Waals surface area contributed by atoms with Crippen LogP contribution in [0.4, 0.5) is 0 Å². The highest BCUT2D eigenvalue weighted by molar-refractivity contribution is 5.30. The minimum absolute atomic E-state index is 0.727. The average Bonchev–Trinajstić information content (AvgIpc) is 3.17. The lowest BCUT2D eigenvalue weighted by molar-refractivity contribution is 0.414. The van der Waals surface area contributed by atoms with E-state index in [9.17, 15) is 0 Å². The summed E-state index contributed by atoms with van der Waals surface area (Å²) in [6.07, 6.45) is 5.35. The Kier molecular flexibility index (Phi) is 3.51. The monoisotopic (exact) mass is 257 g/mol. The Morgan fingerprint density at radius 1 is 1.42 bits per heavy atom. The zero-order valence-electron chi connectivity index (χ0n) is 11.1. The maximum atomic E-state index is 5.23. The lowest BCUT2D eigenvalue weighted by Gasteiger charge is -2.03. The van der Waals surface area contributed by atoms with Crippen LogP contribution in [-0.2, 0) is 13.0 Å². The Morgan fingerprint density at radius 2 is 2.32 bits per heavy atom. The van der Waals surface area contributed by atoms with Gasteiger partial charge in [0.2, 0.25) is 0 Å². The fraction of sp³-hybridized carbons (Fsp3) is 0.400. The number of rotatable bonds is 6. The Labute approximate surface area is 113 Å². The van der Waals surface area contributed by atoms with E-state index >= 15 is 0 Å². The van der Waals surface area contributed by atoms with Crippen LogP contribution in [0.25, 0.3) is 0 Å². The van der Waals surface area contributed by atoms with Crippen LogP contribution in [0.3, 0.4) is 0 Å². The van der Waals surface area contributed by atoms with Crippen molar-refractivity contribution in [2.45, 2.75) is 31.8 Å². The summed E-state index contributed by atoms with van der Waals surface area (Å²) in [5, 5.41) is 3.48. The maximum Gasteiger partial charge on any atom is 0.119 e. The van der Waals surface area contributed by atoms with Crippen LogP contribution in [0.2, 0.25) is 0 Å². The summed E-state index contributed by atoms with van der Waals surface area (Å²) >= 11 is 0. The quantitative estimate of drug-likeness (QED) is 0.834. The van der Waals surface area contributed by atoms with E-state index < -0.39 is 0 Å². The van der Waals surface area contributed by atoms with Gasteiger partial charge in [0.1, 0.15) is 11.6 Å². The molecule has 0 radical (unpaired) electrons. The predicted molar refractivity (Wildman–Crippen MR) is 74.2 cm³/mol. The summed E-state index contributed by atoms with van der Waals surface area (Å²) in [4.78, 5) is 7.80. The van der Waals surface area contributed by atoms with Crippen LogP contribution >= 0.6 is 0 Å². The number of imidazole rings is 1. The van der Waals surface area contributed by atoms with Crippen LogP contribution in [0, 0.1) is 0 Å². The number of methoxy groups -OCH3 is 1. The van der Waals surface area contributed by atoms with Crippen molar-refractivity contribution >= 4 is 0 Å². The van der Waals surface area contributed by atoms with Gasteiger partial charge in [-0.25, -0.2) is 4.98 Å². The van der Waals surface area contributed by atoms with Crippen molar-refractivity contribution < 1.29 is 4.74 Å². The van der Waals surface area contributed by atoms with Gasteiger partial charge >= 0.3 is 0 Å². The smallest absolute Gasteiger partial charge is 0.119 e. The Hall–Kier alpha value is -1.81. The third kappa shape index (κ3) is 3.35. The zero-order valence-corrected chi connectivity index (χ0v) is 11.1. The first kappa shape index (κ1) is 12.2. The molecule has 0 aliphatic heterocycles. The molecule has 1 aliphatic rings. The minimum atomic E-state index is 0.727. The van der Waals surface area contributed by atoms with E-state index in [2.05, 4.69) is 21.4 Å². The molecule has 1 aromatic carbocycles. The molecule has 1 aromatic heterocycles. The number of hydrogen-bond donors (Lipinski definition) is 2. The Morgan fingerprint density at radius 3 is 3.11 bits per heavy atom. The van der Waals surface area contributed by atoms with Gasteiger partial charge in [-0.15, -0.1) is 0 Å². The largest absolute Gasteiger partial charge is 0.497 e. The standard InChI is InChI=1S/C15H19N3O/c1-19-14-4-2-3-11(7-14)8-15-17-10-13(18-15)9-16-12-5-6-12/h2-4,7,10,12,16H,5-6,8-9H2,1H3,(H,17,18). The molecule has 0 unspecified atom stereocenters. The van der Waals surface area contributed by atoms with E-state index in [1.165, 1.54) is 18.4 Å². The fourth-order valence-corrected chi connectivity index (χ4v) is 2.10. The average molecular weight is 257 g/mol. The fourth-order valence-electron chi connectivity index (χ4n) is 2.10. The Bertz CT molecular complexity index is 546. The van der Waals surface area contributed by atoms with Gasteiger partial charge in [0.25, 0.3) is 0 Å². The first-order valence-electron chi connectivity index (χ1n) is 6.72. The number of aromatic amines is 1. The van der Waals surface area contributed by atoms with Crippen molar-refractivity contribution in [1.29, 1.82) is 0 Å². The van der Waals surface area contributed by atoms with Crippen molar-refractivity contribution in [3.8, 4) is 5.75 Å². The molecule has 0 atom stereocenters. The SMILES string of the molecule is COc1cccc(Cc2ncc(CNC3CC3)[nH]2)c1. The number of ether oxygens (including phenoxy) is 1. The van der Waals surface area contributed by atoms with Gasteiger partial charge in [0.15, 0.2) is 0 Å². The molecular formula is C15H19N3O. The van der Waals surface area contributed by atoms with E-state index in [-0.39, 0.29) is 0 Å². The number of aromatic nitrogens is 2. The van der Waals surface area contributed by atoms with Crippen molar-refractivity contribution in [3.05, 3.63) is 47.5 Å². The molecule has 0 amide bonds. The topological polar surface area (TPSA) is 49.9 Å². The van der Waals surface area contributed by atoms with Crippen molar-refractivity contribution in [2.75, 3.05) is 7.11 Å². The molecule has 4 heteroatoms. The predicted octanol–water partition coefficient (Wildman–Crippen LogP) is 2.26. The molecule has 1 heterocycles. The molecular weight excluding hydrogens is 238 g/mol. The van der Waals surface area contributed by atoms with E-state index in [1.807, 2.05) is 24.4 Å². The second-order valence-corrected chi connectivity index (χ2v) is 5.04. The van der Waals surface area contributed by atoms with Crippen LogP contribution in [-0.4, -0.2) is 23.1 Å². The molecule has 1 fully saturated rings. The number of benzene rings is 1. The van der Waals surface area contributed by atoms with Gasteiger partial charge < -0.3 is 15.0 Å². The van der Waals surface area contributed by atoms with Crippen molar-refractivity contribution in [2.24, 2.45) is 0 Å². The minimum Gasteiger partial charge on any atom is -0.497 e. The highest BCUT2D eigenvalue weighted by atomic mass is 16.5. The third-order valence-electron chi connectivity index (χ3n) is 3.35. The first-order chi connectivity index (χ1) is 9.33. The van der Waals surface area contributed by atoms with Gasteiger partial charge in [-0.3, -0.25) is 0 Å². The van der Waals surface area contributed by atoms with Crippen molar-refractivity contribution in [3.63, 3.8) is 0 Å². The molecule has 1 saturated carbocycles. The molecule has 2 N–H and O–H groups in total.